The summed E-state index contributed by atoms with van der Waals surface area (Å²) < 4.78 is 11.9. The Kier molecular flexibility index (Phi) is 6.07. The number of benzene rings is 1. The SMILES string of the molecule is CCOC1(C(NC)c2ccccc2OC)CCCCCC1. The highest BCUT2D eigenvalue weighted by Crippen LogP contribution is 2.42. The molecule has 3 nitrogen and oxygen atoms in total. The van der Waals surface area contributed by atoms with Crippen molar-refractivity contribution in [1.29, 1.82) is 0 Å². The molecule has 3 heteroatoms. The summed E-state index contributed by atoms with van der Waals surface area (Å²) in [5, 5.41) is 3.51. The summed E-state index contributed by atoms with van der Waals surface area (Å²) in [4.78, 5) is 0. The molecule has 1 saturated carbocycles. The van der Waals surface area contributed by atoms with Crippen LogP contribution < -0.4 is 10.1 Å². The van der Waals surface area contributed by atoms with Crippen LogP contribution in [0.5, 0.6) is 5.75 Å². The zero-order valence-corrected chi connectivity index (χ0v) is 13.7. The van der Waals surface area contributed by atoms with Crippen molar-refractivity contribution < 1.29 is 9.47 Å². The van der Waals surface area contributed by atoms with Crippen molar-refractivity contribution in [3.8, 4) is 5.75 Å². The zero-order chi connectivity index (χ0) is 15.1. The molecule has 1 aromatic carbocycles. The van der Waals surface area contributed by atoms with Gasteiger partial charge in [0.1, 0.15) is 5.75 Å². The average molecular weight is 291 g/mol. The fourth-order valence-corrected chi connectivity index (χ4v) is 3.74. The third-order valence-corrected chi connectivity index (χ3v) is 4.65. The smallest absolute Gasteiger partial charge is 0.123 e. The molecule has 1 aliphatic rings. The molecule has 0 spiro atoms. The maximum absolute atomic E-state index is 6.34. The zero-order valence-electron chi connectivity index (χ0n) is 13.7. The Labute approximate surface area is 129 Å². The van der Waals surface area contributed by atoms with E-state index in [1.807, 2.05) is 19.2 Å². The van der Waals surface area contributed by atoms with E-state index in [9.17, 15) is 0 Å². The Bertz CT molecular complexity index is 425. The lowest BCUT2D eigenvalue weighted by Gasteiger charge is -2.40. The second-order valence-electron chi connectivity index (χ2n) is 5.88. The molecule has 0 aromatic heterocycles. The summed E-state index contributed by atoms with van der Waals surface area (Å²) >= 11 is 0. The molecular weight excluding hydrogens is 262 g/mol. The van der Waals surface area contributed by atoms with E-state index in [1.54, 1.807) is 7.11 Å². The van der Waals surface area contributed by atoms with Crippen LogP contribution in [0.1, 0.15) is 57.1 Å². The van der Waals surface area contributed by atoms with E-state index in [4.69, 9.17) is 9.47 Å². The molecular formula is C18H29NO2. The van der Waals surface area contributed by atoms with Crippen molar-refractivity contribution in [3.05, 3.63) is 29.8 Å². The number of hydrogen-bond acceptors (Lipinski definition) is 3. The number of nitrogens with one attached hydrogen (secondary N) is 1. The standard InChI is InChI=1S/C18H29NO2/c1-4-21-18(13-9-5-6-10-14-18)17(19-2)15-11-7-8-12-16(15)20-3/h7-8,11-12,17,19H,4-6,9-10,13-14H2,1-3H3. The highest BCUT2D eigenvalue weighted by atomic mass is 16.5. The predicted molar refractivity (Wildman–Crippen MR) is 86.9 cm³/mol. The molecule has 21 heavy (non-hydrogen) atoms. The average Bonchev–Trinajstić information content (AvgIpc) is 2.75. The fourth-order valence-electron chi connectivity index (χ4n) is 3.74. The van der Waals surface area contributed by atoms with Gasteiger partial charge in [-0.05, 0) is 32.9 Å². The number of methoxy groups -OCH3 is 1. The lowest BCUT2D eigenvalue weighted by atomic mass is 9.81. The van der Waals surface area contributed by atoms with Gasteiger partial charge in [-0.15, -0.1) is 0 Å². The van der Waals surface area contributed by atoms with Crippen molar-refractivity contribution in [2.75, 3.05) is 20.8 Å². The summed E-state index contributed by atoms with van der Waals surface area (Å²) in [6, 6.07) is 8.47. The highest BCUT2D eigenvalue weighted by Gasteiger charge is 2.41. The summed E-state index contributed by atoms with van der Waals surface area (Å²) in [6.45, 7) is 2.86. The third-order valence-electron chi connectivity index (χ3n) is 4.65. The Morgan fingerprint density at radius 1 is 1.14 bits per heavy atom. The van der Waals surface area contributed by atoms with E-state index in [1.165, 1.54) is 31.2 Å². The van der Waals surface area contributed by atoms with Gasteiger partial charge in [-0.3, -0.25) is 0 Å². The number of para-hydroxylation sites is 1. The quantitative estimate of drug-likeness (QED) is 0.801. The number of ether oxygens (including phenoxy) is 2. The van der Waals surface area contributed by atoms with Crippen LogP contribution in [0.25, 0.3) is 0 Å². The fraction of sp³-hybridized carbons (Fsp3) is 0.667. The van der Waals surface area contributed by atoms with Crippen molar-refractivity contribution in [2.45, 2.75) is 57.1 Å². The van der Waals surface area contributed by atoms with Crippen LogP contribution in [0.2, 0.25) is 0 Å². The summed E-state index contributed by atoms with van der Waals surface area (Å²) in [7, 11) is 3.77. The van der Waals surface area contributed by atoms with Crippen LogP contribution in [-0.2, 0) is 4.74 Å². The minimum Gasteiger partial charge on any atom is -0.496 e. The molecule has 1 unspecified atom stereocenters. The second-order valence-corrected chi connectivity index (χ2v) is 5.88. The molecule has 118 valence electrons. The van der Waals surface area contributed by atoms with Gasteiger partial charge < -0.3 is 14.8 Å². The lowest BCUT2D eigenvalue weighted by molar-refractivity contribution is -0.0770. The van der Waals surface area contributed by atoms with Gasteiger partial charge in [-0.25, -0.2) is 0 Å². The minimum absolute atomic E-state index is 0.116. The minimum atomic E-state index is -0.116. The van der Waals surface area contributed by atoms with E-state index >= 15 is 0 Å². The van der Waals surface area contributed by atoms with E-state index in [2.05, 4.69) is 24.4 Å². The second kappa shape index (κ2) is 7.81. The van der Waals surface area contributed by atoms with Crippen molar-refractivity contribution in [3.63, 3.8) is 0 Å². The molecule has 0 saturated heterocycles. The lowest BCUT2D eigenvalue weighted by Crippen LogP contribution is -2.45. The van der Waals surface area contributed by atoms with Crippen LogP contribution in [0.15, 0.2) is 24.3 Å². The first kappa shape index (κ1) is 16.3. The molecule has 0 radical (unpaired) electrons. The summed E-state index contributed by atoms with van der Waals surface area (Å²) in [5.41, 5.74) is 1.09. The highest BCUT2D eigenvalue weighted by molar-refractivity contribution is 5.37. The predicted octanol–water partition coefficient (Wildman–Crippen LogP) is 4.09. The molecule has 1 fully saturated rings. The molecule has 0 heterocycles. The van der Waals surface area contributed by atoms with E-state index in [-0.39, 0.29) is 11.6 Å². The number of likely N-dealkylation sites (N-methyl/N-ethyl adjacent to an activating group) is 1. The van der Waals surface area contributed by atoms with Crippen LogP contribution >= 0.6 is 0 Å². The summed E-state index contributed by atoms with van der Waals surface area (Å²) in [5.74, 6) is 0.945. The summed E-state index contributed by atoms with van der Waals surface area (Å²) in [6.07, 6.45) is 7.35. The van der Waals surface area contributed by atoms with Crippen molar-refractivity contribution >= 4 is 0 Å². The number of hydrogen-bond donors (Lipinski definition) is 1. The van der Waals surface area contributed by atoms with Crippen molar-refractivity contribution in [2.24, 2.45) is 0 Å². The molecule has 2 rings (SSSR count). The van der Waals surface area contributed by atoms with Gasteiger partial charge in [-0.2, -0.15) is 0 Å². The van der Waals surface area contributed by atoms with Gasteiger partial charge in [0.25, 0.3) is 0 Å². The van der Waals surface area contributed by atoms with E-state index in [0.717, 1.165) is 25.2 Å². The van der Waals surface area contributed by atoms with Gasteiger partial charge in [0, 0.05) is 12.2 Å². The first-order valence-corrected chi connectivity index (χ1v) is 8.21. The van der Waals surface area contributed by atoms with E-state index < -0.39 is 0 Å². The number of rotatable bonds is 6. The maximum atomic E-state index is 6.34. The Hall–Kier alpha value is -1.06. The molecule has 1 N–H and O–H groups in total. The van der Waals surface area contributed by atoms with Crippen LogP contribution in [0.4, 0.5) is 0 Å². The van der Waals surface area contributed by atoms with Crippen LogP contribution in [0, 0.1) is 0 Å². The topological polar surface area (TPSA) is 30.5 Å². The Morgan fingerprint density at radius 3 is 2.38 bits per heavy atom. The van der Waals surface area contributed by atoms with Crippen LogP contribution in [-0.4, -0.2) is 26.4 Å². The molecule has 1 aromatic rings. The van der Waals surface area contributed by atoms with Gasteiger partial charge in [0.05, 0.1) is 18.8 Å². The van der Waals surface area contributed by atoms with E-state index in [0.29, 0.717) is 0 Å². The molecule has 0 aliphatic heterocycles. The molecule has 0 bridgehead atoms. The van der Waals surface area contributed by atoms with Crippen LogP contribution in [0.3, 0.4) is 0 Å². The third kappa shape index (κ3) is 3.58. The first-order chi connectivity index (χ1) is 10.3. The molecule has 0 amide bonds. The first-order valence-electron chi connectivity index (χ1n) is 8.21. The monoisotopic (exact) mass is 291 g/mol. The van der Waals surface area contributed by atoms with Gasteiger partial charge in [0.15, 0.2) is 0 Å². The largest absolute Gasteiger partial charge is 0.496 e. The van der Waals surface area contributed by atoms with Gasteiger partial charge in [0.2, 0.25) is 0 Å². The molecule has 1 aliphatic carbocycles. The Morgan fingerprint density at radius 2 is 1.81 bits per heavy atom. The molecule has 1 atom stereocenters. The normalized spacial score (nSPS) is 19.8. The van der Waals surface area contributed by atoms with Crippen molar-refractivity contribution in [1.82, 2.24) is 5.32 Å². The van der Waals surface area contributed by atoms with Gasteiger partial charge >= 0.3 is 0 Å². The maximum Gasteiger partial charge on any atom is 0.123 e. The Balaban J connectivity index is 2.38. The van der Waals surface area contributed by atoms with Gasteiger partial charge in [-0.1, -0.05) is 43.9 Å².